The van der Waals surface area contributed by atoms with Crippen LogP contribution in [0.15, 0.2) is 60.7 Å². The third kappa shape index (κ3) is 4.63. The Morgan fingerprint density at radius 3 is 1.94 bits per heavy atom. The standard InChI is InChI=1S/C30H32O4/c1-20-11-12-25(17-21(20)2)30(15-6-5-7-16-30)26-13-14-27(22(3)18-26)34-29(32)24-10-8-9-23(19-24)28(31)33-4/h8-14,17-19H,5-7,15-16H2,1-4H3. The average Bonchev–Trinajstić information content (AvgIpc) is 2.86. The molecular formula is C30H32O4. The minimum atomic E-state index is -0.497. The minimum absolute atomic E-state index is 0.0150. The van der Waals surface area contributed by atoms with Crippen LogP contribution in [0.4, 0.5) is 0 Å². The highest BCUT2D eigenvalue weighted by molar-refractivity contribution is 5.96. The van der Waals surface area contributed by atoms with Gasteiger partial charge in [-0.2, -0.15) is 0 Å². The van der Waals surface area contributed by atoms with Crippen molar-refractivity contribution in [2.75, 3.05) is 7.11 Å². The van der Waals surface area contributed by atoms with E-state index >= 15 is 0 Å². The van der Waals surface area contributed by atoms with Gasteiger partial charge in [0.2, 0.25) is 0 Å². The van der Waals surface area contributed by atoms with Crippen molar-refractivity contribution in [3.05, 3.63) is 99.6 Å². The van der Waals surface area contributed by atoms with Gasteiger partial charge in [0.15, 0.2) is 0 Å². The molecule has 3 aromatic rings. The fraction of sp³-hybridized carbons (Fsp3) is 0.333. The highest BCUT2D eigenvalue weighted by Crippen LogP contribution is 2.46. The molecule has 0 N–H and O–H groups in total. The SMILES string of the molecule is COC(=O)c1cccc(C(=O)Oc2ccc(C3(c4ccc(C)c(C)c4)CCCCC3)cc2C)c1. The number of carbonyl (C=O) groups excluding carboxylic acids is 2. The summed E-state index contributed by atoms with van der Waals surface area (Å²) in [6, 6.07) is 19.4. The first-order valence-corrected chi connectivity index (χ1v) is 11.9. The van der Waals surface area contributed by atoms with Gasteiger partial charge in [-0.3, -0.25) is 0 Å². The molecule has 1 fully saturated rings. The van der Waals surface area contributed by atoms with Gasteiger partial charge < -0.3 is 9.47 Å². The first-order chi connectivity index (χ1) is 16.3. The van der Waals surface area contributed by atoms with Crippen LogP contribution in [-0.4, -0.2) is 19.0 Å². The normalized spacial score (nSPS) is 14.9. The van der Waals surface area contributed by atoms with Crippen LogP contribution in [-0.2, 0) is 10.2 Å². The Morgan fingerprint density at radius 2 is 1.32 bits per heavy atom. The second kappa shape index (κ2) is 9.84. The van der Waals surface area contributed by atoms with Gasteiger partial charge in [-0.15, -0.1) is 0 Å². The third-order valence-electron chi connectivity index (χ3n) is 7.22. The molecule has 0 atom stereocenters. The van der Waals surface area contributed by atoms with E-state index in [4.69, 9.17) is 9.47 Å². The van der Waals surface area contributed by atoms with Crippen LogP contribution in [0.3, 0.4) is 0 Å². The van der Waals surface area contributed by atoms with E-state index in [0.29, 0.717) is 16.9 Å². The molecule has 0 radical (unpaired) electrons. The highest BCUT2D eigenvalue weighted by atomic mass is 16.5. The van der Waals surface area contributed by atoms with Gasteiger partial charge in [0, 0.05) is 5.41 Å². The summed E-state index contributed by atoms with van der Waals surface area (Å²) in [6.45, 7) is 6.31. The summed E-state index contributed by atoms with van der Waals surface area (Å²) in [5, 5.41) is 0. The predicted octanol–water partition coefficient (Wildman–Crippen LogP) is 6.87. The summed E-state index contributed by atoms with van der Waals surface area (Å²) in [6.07, 6.45) is 5.92. The first kappa shape index (κ1) is 23.7. The number of esters is 2. The lowest BCUT2D eigenvalue weighted by Gasteiger charge is -2.39. The molecule has 4 heteroatoms. The maximum atomic E-state index is 12.8. The smallest absolute Gasteiger partial charge is 0.343 e. The largest absolute Gasteiger partial charge is 0.465 e. The van der Waals surface area contributed by atoms with Crippen molar-refractivity contribution in [3.8, 4) is 5.75 Å². The molecule has 1 saturated carbocycles. The summed E-state index contributed by atoms with van der Waals surface area (Å²) >= 11 is 0. The molecule has 3 aromatic carbocycles. The number of hydrogen-bond acceptors (Lipinski definition) is 4. The fourth-order valence-corrected chi connectivity index (χ4v) is 5.05. The number of methoxy groups -OCH3 is 1. The zero-order valence-corrected chi connectivity index (χ0v) is 20.4. The Labute approximate surface area is 201 Å². The predicted molar refractivity (Wildman–Crippen MR) is 134 cm³/mol. The van der Waals surface area contributed by atoms with E-state index < -0.39 is 11.9 Å². The molecule has 34 heavy (non-hydrogen) atoms. The van der Waals surface area contributed by atoms with Crippen LogP contribution >= 0.6 is 0 Å². The molecule has 0 unspecified atom stereocenters. The van der Waals surface area contributed by atoms with E-state index in [2.05, 4.69) is 44.2 Å². The molecule has 4 nitrogen and oxygen atoms in total. The van der Waals surface area contributed by atoms with E-state index in [0.717, 1.165) is 18.4 Å². The molecule has 0 aliphatic heterocycles. The Balaban J connectivity index is 1.63. The van der Waals surface area contributed by atoms with Crippen LogP contribution in [0.5, 0.6) is 5.75 Å². The quantitative estimate of drug-likeness (QED) is 0.311. The fourth-order valence-electron chi connectivity index (χ4n) is 5.05. The van der Waals surface area contributed by atoms with E-state index in [1.807, 2.05) is 13.0 Å². The van der Waals surface area contributed by atoms with Gasteiger partial charge in [0.25, 0.3) is 0 Å². The van der Waals surface area contributed by atoms with Crippen LogP contribution in [0.25, 0.3) is 0 Å². The van der Waals surface area contributed by atoms with Crippen LogP contribution in [0.1, 0.15) is 80.6 Å². The van der Waals surface area contributed by atoms with Gasteiger partial charge in [-0.1, -0.05) is 55.7 Å². The van der Waals surface area contributed by atoms with Gasteiger partial charge >= 0.3 is 11.9 Å². The van der Waals surface area contributed by atoms with Crippen molar-refractivity contribution >= 4 is 11.9 Å². The monoisotopic (exact) mass is 456 g/mol. The van der Waals surface area contributed by atoms with E-state index in [9.17, 15) is 9.59 Å². The van der Waals surface area contributed by atoms with Crippen molar-refractivity contribution in [2.24, 2.45) is 0 Å². The Bertz CT molecular complexity index is 1220. The van der Waals surface area contributed by atoms with Crippen molar-refractivity contribution in [2.45, 2.75) is 58.3 Å². The Morgan fingerprint density at radius 1 is 0.706 bits per heavy atom. The van der Waals surface area contributed by atoms with Gasteiger partial charge in [0.1, 0.15) is 5.75 Å². The maximum Gasteiger partial charge on any atom is 0.343 e. The summed E-state index contributed by atoms with van der Waals surface area (Å²) in [7, 11) is 1.31. The van der Waals surface area contributed by atoms with Crippen molar-refractivity contribution in [3.63, 3.8) is 0 Å². The lowest BCUT2D eigenvalue weighted by molar-refractivity contribution is 0.0600. The molecule has 0 aromatic heterocycles. The van der Waals surface area contributed by atoms with Crippen molar-refractivity contribution in [1.29, 1.82) is 0 Å². The zero-order chi connectivity index (χ0) is 24.3. The van der Waals surface area contributed by atoms with Crippen molar-refractivity contribution in [1.82, 2.24) is 0 Å². The number of ether oxygens (including phenoxy) is 2. The number of rotatable bonds is 5. The van der Waals surface area contributed by atoms with E-state index in [-0.39, 0.29) is 5.41 Å². The van der Waals surface area contributed by atoms with Crippen LogP contribution in [0.2, 0.25) is 0 Å². The molecule has 0 bridgehead atoms. The van der Waals surface area contributed by atoms with E-state index in [1.165, 1.54) is 54.7 Å². The number of benzene rings is 3. The van der Waals surface area contributed by atoms with Crippen LogP contribution < -0.4 is 4.74 Å². The number of aryl methyl sites for hydroxylation is 3. The second-order valence-corrected chi connectivity index (χ2v) is 9.38. The van der Waals surface area contributed by atoms with E-state index in [1.54, 1.807) is 18.2 Å². The first-order valence-electron chi connectivity index (χ1n) is 11.9. The topological polar surface area (TPSA) is 52.6 Å². The summed E-state index contributed by atoms with van der Waals surface area (Å²) < 4.78 is 10.5. The average molecular weight is 457 g/mol. The van der Waals surface area contributed by atoms with Gasteiger partial charge in [-0.05, 0) is 85.7 Å². The van der Waals surface area contributed by atoms with Gasteiger partial charge in [0.05, 0.1) is 18.2 Å². The number of carbonyl (C=O) groups is 2. The molecule has 0 amide bonds. The molecule has 0 heterocycles. The highest BCUT2D eigenvalue weighted by Gasteiger charge is 2.36. The molecule has 0 saturated heterocycles. The molecule has 0 spiro atoms. The second-order valence-electron chi connectivity index (χ2n) is 9.38. The van der Waals surface area contributed by atoms with Crippen LogP contribution in [0, 0.1) is 20.8 Å². The Hall–Kier alpha value is -3.40. The summed E-state index contributed by atoms with van der Waals surface area (Å²) in [4.78, 5) is 24.6. The van der Waals surface area contributed by atoms with Crippen molar-refractivity contribution < 1.29 is 19.1 Å². The zero-order valence-electron chi connectivity index (χ0n) is 20.4. The molecule has 1 aliphatic carbocycles. The Kier molecular flexibility index (Phi) is 6.87. The molecular weight excluding hydrogens is 424 g/mol. The minimum Gasteiger partial charge on any atom is -0.465 e. The molecule has 1 aliphatic rings. The third-order valence-corrected chi connectivity index (χ3v) is 7.22. The summed E-state index contributed by atoms with van der Waals surface area (Å²) in [5.41, 5.74) is 6.81. The molecule has 176 valence electrons. The van der Waals surface area contributed by atoms with Gasteiger partial charge in [-0.25, -0.2) is 9.59 Å². The number of hydrogen-bond donors (Lipinski definition) is 0. The molecule has 4 rings (SSSR count). The lowest BCUT2D eigenvalue weighted by Crippen LogP contribution is -2.30. The maximum absolute atomic E-state index is 12.8. The summed E-state index contributed by atoms with van der Waals surface area (Å²) in [5.74, 6) is -0.453. The lowest BCUT2D eigenvalue weighted by atomic mass is 9.65.